The Kier molecular flexibility index (Phi) is 3.78. The van der Waals surface area contributed by atoms with E-state index < -0.39 is 0 Å². The first-order valence-corrected chi connectivity index (χ1v) is 5.02. The molecule has 0 amide bonds. The highest BCUT2D eigenvalue weighted by Gasteiger charge is 1.97. The van der Waals surface area contributed by atoms with Crippen LogP contribution in [0.4, 0.5) is 0 Å². The Hall–Kier alpha value is -0.320. The zero-order valence-electron chi connectivity index (χ0n) is 6.56. The summed E-state index contributed by atoms with van der Waals surface area (Å²) in [6.07, 6.45) is 0. The summed E-state index contributed by atoms with van der Waals surface area (Å²) in [6, 6.07) is 3.87. The first kappa shape index (κ1) is 9.77. The van der Waals surface area contributed by atoms with E-state index in [4.69, 9.17) is 23.8 Å². The number of thiophene rings is 1. The number of hydrogen-bond acceptors (Lipinski definition) is 2. The molecule has 0 aliphatic rings. The molecule has 0 aliphatic heterocycles. The molecule has 1 heterocycles. The summed E-state index contributed by atoms with van der Waals surface area (Å²) < 4.78 is 0.808. The van der Waals surface area contributed by atoms with E-state index in [9.17, 15) is 0 Å². The van der Waals surface area contributed by atoms with E-state index in [1.165, 1.54) is 4.88 Å². The molecule has 0 bridgehead atoms. The number of thiocarbonyl (C=S) groups is 1. The van der Waals surface area contributed by atoms with Crippen molar-refractivity contribution in [3.63, 3.8) is 0 Å². The molecular formula is C7H9ClN2S2. The summed E-state index contributed by atoms with van der Waals surface area (Å²) in [5.41, 5.74) is 0. The van der Waals surface area contributed by atoms with Crippen LogP contribution in [0.15, 0.2) is 12.1 Å². The second kappa shape index (κ2) is 4.64. The smallest absolute Gasteiger partial charge is 0.166 e. The third-order valence-electron chi connectivity index (χ3n) is 1.28. The molecular weight excluding hydrogens is 212 g/mol. The Morgan fingerprint density at radius 1 is 1.67 bits per heavy atom. The van der Waals surface area contributed by atoms with Crippen molar-refractivity contribution in [3.05, 3.63) is 21.3 Å². The van der Waals surface area contributed by atoms with Crippen molar-refractivity contribution < 1.29 is 0 Å². The van der Waals surface area contributed by atoms with E-state index in [1.807, 2.05) is 12.1 Å². The van der Waals surface area contributed by atoms with Crippen LogP contribution in [0.3, 0.4) is 0 Å². The second-order valence-corrected chi connectivity index (χ2v) is 4.35. The fourth-order valence-electron chi connectivity index (χ4n) is 0.703. The Morgan fingerprint density at radius 3 is 2.92 bits per heavy atom. The van der Waals surface area contributed by atoms with Gasteiger partial charge in [-0.3, -0.25) is 0 Å². The monoisotopic (exact) mass is 220 g/mol. The van der Waals surface area contributed by atoms with Gasteiger partial charge in [0.1, 0.15) is 0 Å². The molecule has 12 heavy (non-hydrogen) atoms. The van der Waals surface area contributed by atoms with Crippen LogP contribution in [0.1, 0.15) is 4.88 Å². The van der Waals surface area contributed by atoms with Crippen molar-refractivity contribution in [1.82, 2.24) is 10.6 Å². The van der Waals surface area contributed by atoms with Crippen LogP contribution in [0.5, 0.6) is 0 Å². The van der Waals surface area contributed by atoms with Gasteiger partial charge in [0.15, 0.2) is 5.11 Å². The Labute approximate surface area is 85.9 Å². The standard InChI is InChI=1S/C7H9ClN2S2/c1-9-7(11)10-4-5-2-3-6(8)12-5/h2-3H,4H2,1H3,(H2,9,10,11). The van der Waals surface area contributed by atoms with Gasteiger partial charge in [-0.15, -0.1) is 11.3 Å². The van der Waals surface area contributed by atoms with E-state index in [1.54, 1.807) is 18.4 Å². The summed E-state index contributed by atoms with van der Waals surface area (Å²) in [5.74, 6) is 0. The van der Waals surface area contributed by atoms with Crippen molar-refractivity contribution >= 4 is 40.3 Å². The summed E-state index contributed by atoms with van der Waals surface area (Å²) in [7, 11) is 1.79. The molecule has 1 aromatic rings. The maximum atomic E-state index is 5.75. The summed E-state index contributed by atoms with van der Waals surface area (Å²) in [4.78, 5) is 1.18. The predicted octanol–water partition coefficient (Wildman–Crippen LogP) is 2.00. The summed E-state index contributed by atoms with van der Waals surface area (Å²) in [6.45, 7) is 0.733. The van der Waals surface area contributed by atoms with Gasteiger partial charge in [-0.2, -0.15) is 0 Å². The second-order valence-electron chi connectivity index (χ2n) is 2.14. The van der Waals surface area contributed by atoms with Crippen LogP contribution in [-0.2, 0) is 6.54 Å². The lowest BCUT2D eigenvalue weighted by Crippen LogP contribution is -2.31. The van der Waals surface area contributed by atoms with E-state index in [2.05, 4.69) is 10.6 Å². The molecule has 0 saturated heterocycles. The quantitative estimate of drug-likeness (QED) is 0.746. The van der Waals surface area contributed by atoms with Gasteiger partial charge >= 0.3 is 0 Å². The molecule has 2 nitrogen and oxygen atoms in total. The number of nitrogens with one attached hydrogen (secondary N) is 2. The lowest BCUT2D eigenvalue weighted by Gasteiger charge is -2.03. The van der Waals surface area contributed by atoms with Crippen LogP contribution in [-0.4, -0.2) is 12.2 Å². The molecule has 0 aliphatic carbocycles. The minimum absolute atomic E-state index is 0.652. The molecule has 0 saturated carbocycles. The van der Waals surface area contributed by atoms with Gasteiger partial charge in [0.25, 0.3) is 0 Å². The highest BCUT2D eigenvalue weighted by atomic mass is 35.5. The van der Waals surface area contributed by atoms with Crippen LogP contribution in [0.2, 0.25) is 4.34 Å². The average molecular weight is 221 g/mol. The number of halogens is 1. The largest absolute Gasteiger partial charge is 0.366 e. The van der Waals surface area contributed by atoms with Crippen molar-refractivity contribution in [2.24, 2.45) is 0 Å². The third-order valence-corrected chi connectivity index (χ3v) is 2.86. The van der Waals surface area contributed by atoms with Gasteiger partial charge < -0.3 is 10.6 Å². The molecule has 0 unspecified atom stereocenters. The van der Waals surface area contributed by atoms with Crippen LogP contribution in [0, 0.1) is 0 Å². The molecule has 66 valence electrons. The maximum Gasteiger partial charge on any atom is 0.166 e. The van der Waals surface area contributed by atoms with E-state index >= 15 is 0 Å². The first-order chi connectivity index (χ1) is 5.72. The molecule has 0 atom stereocenters. The van der Waals surface area contributed by atoms with Crippen molar-refractivity contribution in [2.45, 2.75) is 6.54 Å². The normalized spacial score (nSPS) is 9.50. The van der Waals surface area contributed by atoms with Gasteiger partial charge in [0.2, 0.25) is 0 Å². The highest BCUT2D eigenvalue weighted by molar-refractivity contribution is 7.80. The fraction of sp³-hybridized carbons (Fsp3) is 0.286. The SMILES string of the molecule is CNC(=S)NCc1ccc(Cl)s1. The lowest BCUT2D eigenvalue weighted by atomic mass is 10.5. The summed E-state index contributed by atoms with van der Waals surface area (Å²) in [5, 5.41) is 6.52. The zero-order valence-corrected chi connectivity index (χ0v) is 8.95. The molecule has 5 heteroatoms. The highest BCUT2D eigenvalue weighted by Crippen LogP contribution is 2.20. The lowest BCUT2D eigenvalue weighted by molar-refractivity contribution is 0.906. The maximum absolute atomic E-state index is 5.75. The fourth-order valence-corrected chi connectivity index (χ4v) is 1.80. The van der Waals surface area contributed by atoms with E-state index in [-0.39, 0.29) is 0 Å². The van der Waals surface area contributed by atoms with E-state index in [0.717, 1.165) is 10.9 Å². The van der Waals surface area contributed by atoms with Gasteiger partial charge in [0.05, 0.1) is 10.9 Å². The van der Waals surface area contributed by atoms with Crippen LogP contribution in [0.25, 0.3) is 0 Å². The number of rotatable bonds is 2. The van der Waals surface area contributed by atoms with Gasteiger partial charge in [-0.1, -0.05) is 11.6 Å². The Balaban J connectivity index is 2.38. The Morgan fingerprint density at radius 2 is 2.42 bits per heavy atom. The topological polar surface area (TPSA) is 24.1 Å². The van der Waals surface area contributed by atoms with E-state index in [0.29, 0.717) is 5.11 Å². The Bertz CT molecular complexity index is 272. The average Bonchev–Trinajstić information content (AvgIpc) is 2.47. The summed E-state index contributed by atoms with van der Waals surface area (Å²) >= 11 is 12.2. The van der Waals surface area contributed by atoms with Crippen LogP contribution >= 0.6 is 35.2 Å². The molecule has 1 rings (SSSR count). The van der Waals surface area contributed by atoms with Crippen LogP contribution < -0.4 is 10.6 Å². The molecule has 0 radical (unpaired) electrons. The first-order valence-electron chi connectivity index (χ1n) is 3.42. The molecule has 0 aromatic carbocycles. The van der Waals surface area contributed by atoms with Crippen molar-refractivity contribution in [2.75, 3.05) is 7.05 Å². The third kappa shape index (κ3) is 2.97. The van der Waals surface area contributed by atoms with Gasteiger partial charge in [-0.25, -0.2) is 0 Å². The molecule has 0 spiro atoms. The van der Waals surface area contributed by atoms with Gasteiger partial charge in [0, 0.05) is 11.9 Å². The van der Waals surface area contributed by atoms with Crippen molar-refractivity contribution in [1.29, 1.82) is 0 Å². The van der Waals surface area contributed by atoms with Crippen molar-refractivity contribution in [3.8, 4) is 0 Å². The minimum Gasteiger partial charge on any atom is -0.366 e. The minimum atomic E-state index is 0.652. The van der Waals surface area contributed by atoms with Gasteiger partial charge in [-0.05, 0) is 24.4 Å². The molecule has 0 fully saturated rings. The molecule has 1 aromatic heterocycles. The zero-order chi connectivity index (χ0) is 8.97. The predicted molar refractivity (Wildman–Crippen MR) is 57.8 cm³/mol. The number of hydrogen-bond donors (Lipinski definition) is 2. The molecule has 2 N–H and O–H groups in total.